The lowest BCUT2D eigenvalue weighted by Gasteiger charge is -2.09. The summed E-state index contributed by atoms with van der Waals surface area (Å²) >= 11 is 0. The highest BCUT2D eigenvalue weighted by atomic mass is 16.5. The largest absolute Gasteiger partial charge is 0.497 e. The summed E-state index contributed by atoms with van der Waals surface area (Å²) in [5.74, 6) is 0.687. The molecule has 0 radical (unpaired) electrons. The van der Waals surface area contributed by atoms with E-state index in [4.69, 9.17) is 14.2 Å². The van der Waals surface area contributed by atoms with Crippen molar-refractivity contribution < 1.29 is 23.8 Å². The Balaban J connectivity index is 1.90. The van der Waals surface area contributed by atoms with Crippen LogP contribution in [0, 0.1) is 0 Å². The van der Waals surface area contributed by atoms with E-state index >= 15 is 0 Å². The van der Waals surface area contributed by atoms with Crippen LogP contribution in [0.5, 0.6) is 17.2 Å². The molecule has 0 aromatic heterocycles. The lowest BCUT2D eigenvalue weighted by Crippen LogP contribution is -2.34. The van der Waals surface area contributed by atoms with Gasteiger partial charge in [-0.2, -0.15) is 5.10 Å². The van der Waals surface area contributed by atoms with Gasteiger partial charge in [0.05, 0.1) is 34.1 Å². The summed E-state index contributed by atoms with van der Waals surface area (Å²) in [6.45, 7) is -0.235. The van der Waals surface area contributed by atoms with Crippen LogP contribution in [-0.2, 0) is 4.79 Å². The molecule has 2 aromatic carbocycles. The van der Waals surface area contributed by atoms with Crippen molar-refractivity contribution in [3.63, 3.8) is 0 Å². The van der Waals surface area contributed by atoms with Crippen molar-refractivity contribution in [3.05, 3.63) is 53.6 Å². The second kappa shape index (κ2) is 9.81. The van der Waals surface area contributed by atoms with Gasteiger partial charge in [0.15, 0.2) is 0 Å². The molecule has 0 heterocycles. The van der Waals surface area contributed by atoms with E-state index in [1.54, 1.807) is 37.4 Å². The highest BCUT2D eigenvalue weighted by Crippen LogP contribution is 2.22. The predicted molar refractivity (Wildman–Crippen MR) is 101 cm³/mol. The fraction of sp³-hybridized carbons (Fsp3) is 0.211. The molecule has 0 aliphatic heterocycles. The molecule has 0 saturated heterocycles. The van der Waals surface area contributed by atoms with Crippen LogP contribution in [-0.4, -0.2) is 45.9 Å². The first kappa shape index (κ1) is 19.8. The maximum atomic E-state index is 12.2. The summed E-state index contributed by atoms with van der Waals surface area (Å²) in [5.41, 5.74) is 3.38. The van der Waals surface area contributed by atoms with Crippen molar-refractivity contribution in [2.45, 2.75) is 0 Å². The van der Waals surface area contributed by atoms with Crippen molar-refractivity contribution in [2.75, 3.05) is 27.9 Å². The number of hydrazone groups is 1. The molecule has 2 aromatic rings. The van der Waals surface area contributed by atoms with Gasteiger partial charge in [-0.1, -0.05) is 12.1 Å². The average Bonchev–Trinajstić information content (AvgIpc) is 2.71. The Hall–Kier alpha value is -3.55. The number of nitrogens with one attached hydrogen (secondary N) is 2. The van der Waals surface area contributed by atoms with Gasteiger partial charge < -0.3 is 19.5 Å². The highest BCUT2D eigenvalue weighted by Gasteiger charge is 2.11. The Kier molecular flexibility index (Phi) is 7.18. The van der Waals surface area contributed by atoms with E-state index < -0.39 is 11.8 Å². The average molecular weight is 371 g/mol. The molecule has 0 bridgehead atoms. The number of amides is 2. The molecule has 0 unspecified atom stereocenters. The molecule has 0 spiro atoms. The van der Waals surface area contributed by atoms with E-state index in [-0.39, 0.29) is 6.54 Å². The molecule has 0 fully saturated rings. The molecular weight excluding hydrogens is 350 g/mol. The summed E-state index contributed by atoms with van der Waals surface area (Å²) in [6.07, 6.45) is 1.46. The first-order chi connectivity index (χ1) is 13.1. The fourth-order valence-corrected chi connectivity index (χ4v) is 2.19. The molecule has 8 heteroatoms. The zero-order chi connectivity index (χ0) is 19.6. The van der Waals surface area contributed by atoms with Crippen LogP contribution in [0.25, 0.3) is 0 Å². The molecule has 8 nitrogen and oxygen atoms in total. The minimum absolute atomic E-state index is 0.235. The minimum Gasteiger partial charge on any atom is -0.497 e. The third-order valence-electron chi connectivity index (χ3n) is 3.55. The van der Waals surface area contributed by atoms with Crippen LogP contribution in [0.2, 0.25) is 0 Å². The van der Waals surface area contributed by atoms with Crippen molar-refractivity contribution in [1.82, 2.24) is 10.7 Å². The third-order valence-corrected chi connectivity index (χ3v) is 3.55. The summed E-state index contributed by atoms with van der Waals surface area (Å²) in [5, 5.41) is 6.37. The number of carbonyl (C=O) groups excluding carboxylic acids is 2. The van der Waals surface area contributed by atoms with E-state index in [0.29, 0.717) is 28.4 Å². The Labute approximate surface area is 157 Å². The van der Waals surface area contributed by atoms with Gasteiger partial charge in [-0.3, -0.25) is 9.59 Å². The van der Waals surface area contributed by atoms with Gasteiger partial charge in [0.1, 0.15) is 17.2 Å². The lowest BCUT2D eigenvalue weighted by molar-refractivity contribution is -0.120. The third kappa shape index (κ3) is 5.74. The lowest BCUT2D eigenvalue weighted by atomic mass is 10.2. The summed E-state index contributed by atoms with van der Waals surface area (Å²) in [7, 11) is 4.53. The standard InChI is InChI=1S/C19H21N3O5/c1-25-15-8-14(9-16(10-15)26-2)19(24)20-12-18(23)22-21-11-13-6-4-5-7-17(13)27-3/h4-11H,12H2,1-3H3,(H,20,24)(H,22,23). The van der Waals surface area contributed by atoms with Crippen LogP contribution >= 0.6 is 0 Å². The normalized spacial score (nSPS) is 10.3. The molecule has 2 rings (SSSR count). The highest BCUT2D eigenvalue weighted by molar-refractivity contribution is 5.97. The number of methoxy groups -OCH3 is 3. The number of para-hydroxylation sites is 1. The topological polar surface area (TPSA) is 98.2 Å². The maximum Gasteiger partial charge on any atom is 0.259 e. The van der Waals surface area contributed by atoms with Crippen LogP contribution in [0.1, 0.15) is 15.9 Å². The van der Waals surface area contributed by atoms with Crippen molar-refractivity contribution in [2.24, 2.45) is 5.10 Å². The molecule has 0 atom stereocenters. The molecular formula is C19H21N3O5. The Morgan fingerprint density at radius 3 is 2.30 bits per heavy atom. The Bertz CT molecular complexity index is 814. The van der Waals surface area contributed by atoms with E-state index in [2.05, 4.69) is 15.8 Å². The minimum atomic E-state index is -0.468. The number of rotatable bonds is 8. The number of hydrogen-bond acceptors (Lipinski definition) is 6. The van der Waals surface area contributed by atoms with Gasteiger partial charge in [-0.15, -0.1) is 0 Å². The second-order valence-corrected chi connectivity index (χ2v) is 5.32. The quantitative estimate of drug-likeness (QED) is 0.542. The van der Waals surface area contributed by atoms with Crippen LogP contribution in [0.3, 0.4) is 0 Å². The SMILES string of the molecule is COc1cc(OC)cc(C(=O)NCC(=O)NN=Cc2ccccc2OC)c1. The smallest absolute Gasteiger partial charge is 0.259 e. The summed E-state index contributed by atoms with van der Waals surface area (Å²) in [6, 6.07) is 12.0. The Morgan fingerprint density at radius 1 is 1.00 bits per heavy atom. The molecule has 2 amide bonds. The number of nitrogens with zero attached hydrogens (tertiary/aromatic N) is 1. The zero-order valence-corrected chi connectivity index (χ0v) is 15.3. The second-order valence-electron chi connectivity index (χ2n) is 5.32. The number of ether oxygens (including phenoxy) is 3. The first-order valence-corrected chi connectivity index (χ1v) is 8.03. The van der Waals surface area contributed by atoms with Crippen LogP contribution in [0.4, 0.5) is 0 Å². The molecule has 27 heavy (non-hydrogen) atoms. The van der Waals surface area contributed by atoms with Gasteiger partial charge >= 0.3 is 0 Å². The number of carbonyl (C=O) groups is 2. The van der Waals surface area contributed by atoms with Crippen molar-refractivity contribution in [1.29, 1.82) is 0 Å². The molecule has 142 valence electrons. The van der Waals surface area contributed by atoms with E-state index in [1.807, 2.05) is 12.1 Å². The van der Waals surface area contributed by atoms with E-state index in [9.17, 15) is 9.59 Å². The molecule has 2 N–H and O–H groups in total. The first-order valence-electron chi connectivity index (χ1n) is 8.03. The van der Waals surface area contributed by atoms with E-state index in [0.717, 1.165) is 0 Å². The predicted octanol–water partition coefficient (Wildman–Crippen LogP) is 1.59. The zero-order valence-electron chi connectivity index (χ0n) is 15.3. The van der Waals surface area contributed by atoms with Crippen LogP contribution in [0.15, 0.2) is 47.6 Å². The molecule has 0 aliphatic carbocycles. The van der Waals surface area contributed by atoms with Gasteiger partial charge in [-0.05, 0) is 24.3 Å². The van der Waals surface area contributed by atoms with Gasteiger partial charge in [0, 0.05) is 17.2 Å². The van der Waals surface area contributed by atoms with Crippen molar-refractivity contribution >= 4 is 18.0 Å². The number of hydrogen-bond donors (Lipinski definition) is 2. The maximum absolute atomic E-state index is 12.2. The van der Waals surface area contributed by atoms with E-state index in [1.165, 1.54) is 20.4 Å². The summed E-state index contributed by atoms with van der Waals surface area (Å²) < 4.78 is 15.4. The number of benzene rings is 2. The van der Waals surface area contributed by atoms with Gasteiger partial charge in [-0.25, -0.2) is 5.43 Å². The van der Waals surface area contributed by atoms with Gasteiger partial charge in [0.25, 0.3) is 11.8 Å². The van der Waals surface area contributed by atoms with Crippen molar-refractivity contribution in [3.8, 4) is 17.2 Å². The van der Waals surface area contributed by atoms with Gasteiger partial charge in [0.2, 0.25) is 0 Å². The molecule has 0 saturated carbocycles. The summed E-state index contributed by atoms with van der Waals surface area (Å²) in [4.78, 5) is 24.1. The fourth-order valence-electron chi connectivity index (χ4n) is 2.19. The molecule has 0 aliphatic rings. The monoisotopic (exact) mass is 371 g/mol. The van der Waals surface area contributed by atoms with Crippen LogP contribution < -0.4 is 25.0 Å². The Morgan fingerprint density at radius 2 is 1.67 bits per heavy atom.